The molecule has 4 atom stereocenters. The Bertz CT molecular complexity index is 1160. The summed E-state index contributed by atoms with van der Waals surface area (Å²) in [6.45, 7) is 9.98. The molecule has 13 nitrogen and oxygen atoms in total. The van der Waals surface area contributed by atoms with Crippen molar-refractivity contribution in [2.24, 2.45) is 0 Å². The SMILES string of the molecule is COc1ccc(C[C@@H]2[C@H](OC(=O)CC[C@@H]3NC(=O)CNC3=O)[C@@H](OC(=O)OC(C)(C)C)CN2C(=O)OC(C)(C)C)cc1. The Morgan fingerprint density at radius 1 is 0.952 bits per heavy atom. The summed E-state index contributed by atoms with van der Waals surface area (Å²) in [6, 6.07) is 5.50. The summed E-state index contributed by atoms with van der Waals surface area (Å²) >= 11 is 0. The maximum absolute atomic E-state index is 13.3. The van der Waals surface area contributed by atoms with Crippen LogP contribution in [0.5, 0.6) is 5.75 Å². The molecule has 0 spiro atoms. The van der Waals surface area contributed by atoms with Crippen LogP contribution in [0.1, 0.15) is 59.9 Å². The van der Waals surface area contributed by atoms with Gasteiger partial charge in [-0.2, -0.15) is 0 Å². The third-order valence-electron chi connectivity index (χ3n) is 6.37. The average Bonchev–Trinajstić information content (AvgIpc) is 3.19. The van der Waals surface area contributed by atoms with Gasteiger partial charge >= 0.3 is 18.2 Å². The van der Waals surface area contributed by atoms with Crippen LogP contribution in [0.2, 0.25) is 0 Å². The number of ether oxygens (including phenoxy) is 5. The molecule has 13 heteroatoms. The maximum atomic E-state index is 13.3. The van der Waals surface area contributed by atoms with Gasteiger partial charge in [-0.3, -0.25) is 19.3 Å². The van der Waals surface area contributed by atoms with E-state index < -0.39 is 59.6 Å². The fourth-order valence-corrected chi connectivity index (χ4v) is 4.55. The summed E-state index contributed by atoms with van der Waals surface area (Å²) in [5, 5.41) is 5.01. The molecule has 0 bridgehead atoms. The van der Waals surface area contributed by atoms with Gasteiger partial charge in [0.2, 0.25) is 11.8 Å². The smallest absolute Gasteiger partial charge is 0.497 e. The molecule has 2 aliphatic rings. The monoisotopic (exact) mass is 591 g/mol. The molecule has 2 N–H and O–H groups in total. The predicted octanol–water partition coefficient (Wildman–Crippen LogP) is 2.48. The number of esters is 1. The van der Waals surface area contributed by atoms with E-state index in [1.54, 1.807) is 60.8 Å². The highest BCUT2D eigenvalue weighted by Crippen LogP contribution is 2.30. The third-order valence-corrected chi connectivity index (χ3v) is 6.37. The van der Waals surface area contributed by atoms with Gasteiger partial charge in [0, 0.05) is 6.42 Å². The van der Waals surface area contributed by atoms with Crippen LogP contribution in [0.3, 0.4) is 0 Å². The molecule has 2 heterocycles. The van der Waals surface area contributed by atoms with Crippen LogP contribution in [0.15, 0.2) is 24.3 Å². The number of hydrogen-bond acceptors (Lipinski definition) is 10. The highest BCUT2D eigenvalue weighted by Gasteiger charge is 2.50. The molecule has 2 saturated heterocycles. The molecule has 0 unspecified atom stereocenters. The van der Waals surface area contributed by atoms with Crippen molar-refractivity contribution >= 4 is 30.0 Å². The number of rotatable bonds is 8. The number of carbonyl (C=O) groups excluding carboxylic acids is 5. The Kier molecular flexibility index (Phi) is 10.3. The van der Waals surface area contributed by atoms with E-state index in [-0.39, 0.29) is 38.3 Å². The highest BCUT2D eigenvalue weighted by molar-refractivity contribution is 5.94. The van der Waals surface area contributed by atoms with Crippen molar-refractivity contribution in [1.29, 1.82) is 0 Å². The minimum Gasteiger partial charge on any atom is -0.497 e. The van der Waals surface area contributed by atoms with Crippen molar-refractivity contribution in [3.8, 4) is 5.75 Å². The van der Waals surface area contributed by atoms with Gasteiger partial charge in [0.1, 0.15) is 23.0 Å². The summed E-state index contributed by atoms with van der Waals surface area (Å²) in [5.41, 5.74) is -0.863. The molecular weight excluding hydrogens is 550 g/mol. The van der Waals surface area contributed by atoms with Crippen LogP contribution in [-0.4, -0.2) is 90.6 Å². The normalized spacial score (nSPS) is 22.5. The van der Waals surface area contributed by atoms with Gasteiger partial charge in [0.05, 0.1) is 26.2 Å². The Morgan fingerprint density at radius 3 is 2.19 bits per heavy atom. The van der Waals surface area contributed by atoms with E-state index >= 15 is 0 Å². The molecule has 0 aliphatic carbocycles. The number of nitrogens with one attached hydrogen (secondary N) is 2. The molecule has 0 aromatic heterocycles. The first-order valence-electron chi connectivity index (χ1n) is 13.8. The van der Waals surface area contributed by atoms with E-state index in [9.17, 15) is 24.0 Å². The molecule has 2 fully saturated rings. The number of piperazine rings is 1. The van der Waals surface area contributed by atoms with Crippen LogP contribution in [0, 0.1) is 0 Å². The van der Waals surface area contributed by atoms with E-state index in [1.807, 2.05) is 12.1 Å². The number of benzene rings is 1. The van der Waals surface area contributed by atoms with Gasteiger partial charge in [-0.1, -0.05) is 12.1 Å². The van der Waals surface area contributed by atoms with Crippen molar-refractivity contribution in [1.82, 2.24) is 15.5 Å². The maximum Gasteiger partial charge on any atom is 0.509 e. The van der Waals surface area contributed by atoms with Crippen LogP contribution in [0.4, 0.5) is 9.59 Å². The number of methoxy groups -OCH3 is 1. The van der Waals surface area contributed by atoms with Gasteiger partial charge in [0.15, 0.2) is 12.2 Å². The Hall–Kier alpha value is -4.03. The summed E-state index contributed by atoms with van der Waals surface area (Å²) in [5.74, 6) is -0.816. The van der Waals surface area contributed by atoms with E-state index in [4.69, 9.17) is 23.7 Å². The second-order valence-corrected chi connectivity index (χ2v) is 12.2. The zero-order valence-corrected chi connectivity index (χ0v) is 25.2. The summed E-state index contributed by atoms with van der Waals surface area (Å²) in [7, 11) is 1.55. The Labute approximate surface area is 245 Å². The standard InChI is InChI=1S/C29H41N3O10/c1-28(2,3)41-26(36)32-16-21(39-27(37)42-29(4,5)6)24(20(32)14-17-8-10-18(38-7)11-9-17)40-23(34)13-12-19-25(35)30-15-22(33)31-19/h8-11,19-21,24H,12-16H2,1-7H3,(H,30,35)(H,31,33)/t19-,20+,21-,24-/m0/s1. The minimum absolute atomic E-state index is 0.000354. The predicted molar refractivity (Wildman–Crippen MR) is 149 cm³/mol. The topological polar surface area (TPSA) is 159 Å². The molecule has 0 radical (unpaired) electrons. The first-order valence-corrected chi connectivity index (χ1v) is 13.8. The fraction of sp³-hybridized carbons (Fsp3) is 0.621. The number of likely N-dealkylation sites (tertiary alicyclic amines) is 1. The van der Waals surface area contributed by atoms with Crippen LogP contribution < -0.4 is 15.4 Å². The first-order chi connectivity index (χ1) is 19.5. The lowest BCUT2D eigenvalue weighted by Crippen LogP contribution is -2.56. The van der Waals surface area contributed by atoms with Crippen molar-refractivity contribution in [2.75, 3.05) is 20.2 Å². The largest absolute Gasteiger partial charge is 0.509 e. The highest BCUT2D eigenvalue weighted by atomic mass is 16.7. The second kappa shape index (κ2) is 13.3. The van der Waals surface area contributed by atoms with Gasteiger partial charge in [0.25, 0.3) is 0 Å². The summed E-state index contributed by atoms with van der Waals surface area (Å²) in [4.78, 5) is 64.3. The lowest BCUT2D eigenvalue weighted by atomic mass is 10.0. The lowest BCUT2D eigenvalue weighted by molar-refractivity contribution is -0.156. The van der Waals surface area contributed by atoms with Crippen LogP contribution in [0.25, 0.3) is 0 Å². The van der Waals surface area contributed by atoms with E-state index in [0.717, 1.165) is 5.56 Å². The second-order valence-electron chi connectivity index (χ2n) is 12.2. The van der Waals surface area contributed by atoms with E-state index in [0.29, 0.717) is 5.75 Å². The Balaban J connectivity index is 1.87. The van der Waals surface area contributed by atoms with Crippen molar-refractivity contribution < 1.29 is 47.7 Å². The van der Waals surface area contributed by atoms with Crippen molar-refractivity contribution in [2.45, 2.75) is 96.3 Å². The number of nitrogens with zero attached hydrogens (tertiary/aromatic N) is 1. The quantitative estimate of drug-likeness (QED) is 0.340. The van der Waals surface area contributed by atoms with Crippen molar-refractivity contribution in [3.63, 3.8) is 0 Å². The minimum atomic E-state index is -1.09. The number of carbonyl (C=O) groups is 5. The van der Waals surface area contributed by atoms with E-state index in [1.165, 1.54) is 4.90 Å². The van der Waals surface area contributed by atoms with Gasteiger partial charge in [-0.25, -0.2) is 9.59 Å². The van der Waals surface area contributed by atoms with Crippen LogP contribution >= 0.6 is 0 Å². The molecule has 2 aliphatic heterocycles. The molecule has 3 amide bonds. The number of amides is 3. The molecular formula is C29H41N3O10. The third kappa shape index (κ3) is 9.52. The zero-order valence-electron chi connectivity index (χ0n) is 25.2. The summed E-state index contributed by atoms with van der Waals surface area (Å²) < 4.78 is 27.7. The van der Waals surface area contributed by atoms with Gasteiger partial charge in [-0.15, -0.1) is 0 Å². The number of hydrogen-bond donors (Lipinski definition) is 2. The zero-order chi connectivity index (χ0) is 31.2. The molecule has 232 valence electrons. The summed E-state index contributed by atoms with van der Waals surface area (Å²) in [6.07, 6.45) is -3.79. The van der Waals surface area contributed by atoms with Crippen LogP contribution in [-0.2, 0) is 39.8 Å². The molecule has 42 heavy (non-hydrogen) atoms. The van der Waals surface area contributed by atoms with E-state index in [2.05, 4.69) is 10.6 Å². The molecule has 0 saturated carbocycles. The first kappa shape index (κ1) is 32.5. The average molecular weight is 592 g/mol. The van der Waals surface area contributed by atoms with Gasteiger partial charge < -0.3 is 34.3 Å². The van der Waals surface area contributed by atoms with Crippen molar-refractivity contribution in [3.05, 3.63) is 29.8 Å². The lowest BCUT2D eigenvalue weighted by Gasteiger charge is -2.30. The van der Waals surface area contributed by atoms with Gasteiger partial charge in [-0.05, 0) is 72.1 Å². The fourth-order valence-electron chi connectivity index (χ4n) is 4.55. The molecule has 1 aromatic carbocycles. The Morgan fingerprint density at radius 2 is 1.60 bits per heavy atom. The molecule has 3 rings (SSSR count). The molecule has 1 aromatic rings.